The lowest BCUT2D eigenvalue weighted by Gasteiger charge is -2.08. The SMILES string of the molecule is CC(=O)NNC(=O)c1ccsc1NC(=O)c1ccccc1Br. The van der Waals surface area contributed by atoms with Crippen molar-refractivity contribution in [2.45, 2.75) is 6.92 Å². The van der Waals surface area contributed by atoms with E-state index >= 15 is 0 Å². The first-order valence-electron chi connectivity index (χ1n) is 6.19. The van der Waals surface area contributed by atoms with Crippen LogP contribution in [0, 0.1) is 0 Å². The summed E-state index contributed by atoms with van der Waals surface area (Å²) in [4.78, 5) is 35.0. The Labute approximate surface area is 139 Å². The Morgan fingerprint density at radius 2 is 1.73 bits per heavy atom. The summed E-state index contributed by atoms with van der Waals surface area (Å²) in [6.45, 7) is 1.28. The van der Waals surface area contributed by atoms with Crippen molar-refractivity contribution in [1.29, 1.82) is 0 Å². The number of amides is 3. The molecule has 114 valence electrons. The first kappa shape index (κ1) is 16.2. The Hall–Kier alpha value is -2.19. The van der Waals surface area contributed by atoms with Crippen LogP contribution in [-0.4, -0.2) is 17.7 Å². The molecule has 1 aromatic heterocycles. The molecule has 0 atom stereocenters. The van der Waals surface area contributed by atoms with Gasteiger partial charge in [-0.1, -0.05) is 12.1 Å². The summed E-state index contributed by atoms with van der Waals surface area (Å²) < 4.78 is 0.660. The summed E-state index contributed by atoms with van der Waals surface area (Å²) in [7, 11) is 0. The molecule has 0 aliphatic rings. The van der Waals surface area contributed by atoms with Crippen LogP contribution in [0.25, 0.3) is 0 Å². The second kappa shape index (κ2) is 7.19. The molecule has 1 aromatic carbocycles. The number of thiophene rings is 1. The molecule has 0 aliphatic heterocycles. The number of anilines is 1. The van der Waals surface area contributed by atoms with Gasteiger partial charge in [-0.25, -0.2) is 0 Å². The highest BCUT2D eigenvalue weighted by molar-refractivity contribution is 9.10. The van der Waals surface area contributed by atoms with Crippen molar-refractivity contribution in [1.82, 2.24) is 10.9 Å². The van der Waals surface area contributed by atoms with E-state index in [2.05, 4.69) is 32.1 Å². The molecular weight excluding hydrogens is 370 g/mol. The Bertz CT molecular complexity index is 730. The topological polar surface area (TPSA) is 87.3 Å². The molecule has 0 spiro atoms. The summed E-state index contributed by atoms with van der Waals surface area (Å²) in [6, 6.07) is 8.55. The van der Waals surface area contributed by atoms with Crippen LogP contribution in [0.1, 0.15) is 27.6 Å². The molecule has 3 amide bonds. The highest BCUT2D eigenvalue weighted by atomic mass is 79.9. The second-order valence-electron chi connectivity index (χ2n) is 4.23. The van der Waals surface area contributed by atoms with E-state index in [0.717, 1.165) is 0 Å². The minimum atomic E-state index is -0.501. The van der Waals surface area contributed by atoms with Crippen LogP contribution < -0.4 is 16.2 Å². The molecule has 2 aromatic rings. The van der Waals surface area contributed by atoms with Crippen molar-refractivity contribution in [2.24, 2.45) is 0 Å². The molecule has 0 aliphatic carbocycles. The van der Waals surface area contributed by atoms with E-state index in [1.165, 1.54) is 18.3 Å². The summed E-state index contributed by atoms with van der Waals surface area (Å²) >= 11 is 4.53. The van der Waals surface area contributed by atoms with Gasteiger partial charge in [0.1, 0.15) is 5.00 Å². The lowest BCUT2D eigenvalue weighted by molar-refractivity contribution is -0.119. The number of hydrogen-bond acceptors (Lipinski definition) is 4. The van der Waals surface area contributed by atoms with Gasteiger partial charge in [-0.3, -0.25) is 25.2 Å². The van der Waals surface area contributed by atoms with Gasteiger partial charge in [0, 0.05) is 11.4 Å². The first-order chi connectivity index (χ1) is 10.5. The molecule has 0 unspecified atom stereocenters. The lowest BCUT2D eigenvalue weighted by atomic mass is 10.2. The van der Waals surface area contributed by atoms with E-state index in [9.17, 15) is 14.4 Å². The van der Waals surface area contributed by atoms with Crippen LogP contribution in [0.4, 0.5) is 5.00 Å². The van der Waals surface area contributed by atoms with Gasteiger partial charge < -0.3 is 5.32 Å². The van der Waals surface area contributed by atoms with Gasteiger partial charge in [0.25, 0.3) is 11.8 Å². The van der Waals surface area contributed by atoms with Gasteiger partial charge in [-0.2, -0.15) is 0 Å². The molecule has 22 heavy (non-hydrogen) atoms. The smallest absolute Gasteiger partial charge is 0.272 e. The zero-order valence-electron chi connectivity index (χ0n) is 11.5. The fourth-order valence-corrected chi connectivity index (χ4v) is 2.86. The number of nitrogens with one attached hydrogen (secondary N) is 3. The van der Waals surface area contributed by atoms with Gasteiger partial charge in [0.15, 0.2) is 0 Å². The maximum absolute atomic E-state index is 12.2. The van der Waals surface area contributed by atoms with Crippen molar-refractivity contribution in [2.75, 3.05) is 5.32 Å². The number of benzene rings is 1. The van der Waals surface area contributed by atoms with E-state index in [-0.39, 0.29) is 17.4 Å². The van der Waals surface area contributed by atoms with Gasteiger partial charge >= 0.3 is 0 Å². The van der Waals surface area contributed by atoms with Crippen LogP contribution in [0.15, 0.2) is 40.2 Å². The van der Waals surface area contributed by atoms with Crippen molar-refractivity contribution >= 4 is 50.0 Å². The average Bonchev–Trinajstić information content (AvgIpc) is 2.93. The Kier molecular flexibility index (Phi) is 5.29. The minimum Gasteiger partial charge on any atom is -0.313 e. The van der Waals surface area contributed by atoms with Crippen LogP contribution >= 0.6 is 27.3 Å². The molecule has 0 saturated heterocycles. The normalized spacial score (nSPS) is 9.91. The van der Waals surface area contributed by atoms with Crippen molar-refractivity contribution in [3.05, 3.63) is 51.3 Å². The Morgan fingerprint density at radius 3 is 2.41 bits per heavy atom. The number of hydrogen-bond donors (Lipinski definition) is 3. The van der Waals surface area contributed by atoms with Gasteiger partial charge in [0.05, 0.1) is 11.1 Å². The lowest BCUT2D eigenvalue weighted by Crippen LogP contribution is -2.40. The van der Waals surface area contributed by atoms with Crippen molar-refractivity contribution in [3.63, 3.8) is 0 Å². The maximum atomic E-state index is 12.2. The summed E-state index contributed by atoms with van der Waals surface area (Å²) in [6.07, 6.45) is 0. The summed E-state index contributed by atoms with van der Waals surface area (Å²) in [5.41, 5.74) is 5.20. The molecule has 6 nitrogen and oxygen atoms in total. The fraction of sp³-hybridized carbons (Fsp3) is 0.0714. The monoisotopic (exact) mass is 381 g/mol. The van der Waals surface area contributed by atoms with E-state index in [1.54, 1.807) is 35.7 Å². The first-order valence-corrected chi connectivity index (χ1v) is 7.86. The fourth-order valence-electron chi connectivity index (χ4n) is 1.61. The van der Waals surface area contributed by atoms with Crippen molar-refractivity contribution in [3.8, 4) is 0 Å². The van der Waals surface area contributed by atoms with Crippen molar-refractivity contribution < 1.29 is 14.4 Å². The quantitative estimate of drug-likeness (QED) is 0.713. The van der Waals surface area contributed by atoms with E-state index in [0.29, 0.717) is 15.0 Å². The van der Waals surface area contributed by atoms with Crippen LogP contribution in [0.5, 0.6) is 0 Å². The largest absolute Gasteiger partial charge is 0.313 e. The highest BCUT2D eigenvalue weighted by Crippen LogP contribution is 2.25. The summed E-state index contributed by atoms with van der Waals surface area (Å²) in [5.74, 6) is -1.22. The zero-order chi connectivity index (χ0) is 16.1. The maximum Gasteiger partial charge on any atom is 0.272 e. The Morgan fingerprint density at radius 1 is 1.00 bits per heavy atom. The molecule has 0 saturated carbocycles. The number of hydrazine groups is 1. The van der Waals surface area contributed by atoms with E-state index < -0.39 is 5.91 Å². The predicted molar refractivity (Wildman–Crippen MR) is 87.7 cm³/mol. The van der Waals surface area contributed by atoms with E-state index in [4.69, 9.17) is 0 Å². The number of halogens is 1. The third-order valence-electron chi connectivity index (χ3n) is 2.61. The van der Waals surface area contributed by atoms with Gasteiger partial charge in [-0.05, 0) is 39.5 Å². The molecule has 0 fully saturated rings. The average molecular weight is 382 g/mol. The van der Waals surface area contributed by atoms with Crippen LogP contribution in [0.2, 0.25) is 0 Å². The molecule has 0 bridgehead atoms. The van der Waals surface area contributed by atoms with Gasteiger partial charge in [0.2, 0.25) is 5.91 Å². The number of rotatable bonds is 3. The number of carbonyl (C=O) groups is 3. The van der Waals surface area contributed by atoms with E-state index in [1.807, 2.05) is 0 Å². The highest BCUT2D eigenvalue weighted by Gasteiger charge is 2.17. The van der Waals surface area contributed by atoms with Crippen LogP contribution in [0.3, 0.4) is 0 Å². The zero-order valence-corrected chi connectivity index (χ0v) is 13.9. The molecule has 8 heteroatoms. The molecule has 3 N–H and O–H groups in total. The molecule has 1 heterocycles. The second-order valence-corrected chi connectivity index (χ2v) is 6.00. The van der Waals surface area contributed by atoms with Gasteiger partial charge in [-0.15, -0.1) is 11.3 Å². The molecule has 2 rings (SSSR count). The third-order valence-corrected chi connectivity index (χ3v) is 4.13. The summed E-state index contributed by atoms with van der Waals surface area (Å²) in [5, 5.41) is 4.78. The Balaban J connectivity index is 2.13. The van der Waals surface area contributed by atoms with Crippen LogP contribution in [-0.2, 0) is 4.79 Å². The third kappa shape index (κ3) is 3.92. The molecular formula is C14H12BrN3O3S. The standard InChI is InChI=1S/C14H12BrN3O3S/c1-8(19)17-18-13(21)10-6-7-22-14(10)16-12(20)9-4-2-3-5-11(9)15/h2-7H,1H3,(H,16,20)(H,17,19)(H,18,21). The minimum absolute atomic E-state index is 0.277. The predicted octanol–water partition coefficient (Wildman–Crippen LogP) is 2.54. The molecule has 0 radical (unpaired) electrons. The number of carbonyl (C=O) groups excluding carboxylic acids is 3.